The highest BCUT2D eigenvalue weighted by Gasteiger charge is 2.05. The fourth-order valence-corrected chi connectivity index (χ4v) is 0.929. The van der Waals surface area contributed by atoms with E-state index in [-0.39, 0.29) is 12.4 Å². The van der Waals surface area contributed by atoms with Crippen molar-refractivity contribution in [1.29, 1.82) is 0 Å². The van der Waals surface area contributed by atoms with Gasteiger partial charge >= 0.3 is 0 Å². The van der Waals surface area contributed by atoms with Crippen LogP contribution in [0.4, 0.5) is 0 Å². The number of nitrogens with two attached hydrogens (primary N) is 1. The minimum absolute atomic E-state index is 0. The Bertz CT molecular complexity index is 62.1. The zero-order valence-electron chi connectivity index (χ0n) is 5.51. The number of hydrogen-bond acceptors (Lipinski definition) is 2. The van der Waals surface area contributed by atoms with Crippen LogP contribution < -0.4 is 5.73 Å². The van der Waals surface area contributed by atoms with Crippen LogP contribution in [0.1, 0.15) is 19.3 Å². The van der Waals surface area contributed by atoms with Crippen LogP contribution in [-0.4, -0.2) is 19.3 Å². The summed E-state index contributed by atoms with van der Waals surface area (Å²) in [4.78, 5) is 0. The maximum atomic E-state index is 5.61. The highest BCUT2D eigenvalue weighted by molar-refractivity contribution is 5.85. The fourth-order valence-electron chi connectivity index (χ4n) is 0.929. The van der Waals surface area contributed by atoms with Crippen LogP contribution in [-0.2, 0) is 4.74 Å². The summed E-state index contributed by atoms with van der Waals surface area (Å²) in [5.74, 6) is 0. The third-order valence-corrected chi connectivity index (χ3v) is 1.45. The average molecular weight is 152 g/mol. The van der Waals surface area contributed by atoms with Crippen LogP contribution in [0.3, 0.4) is 0 Å². The molecule has 1 unspecified atom stereocenters. The smallest absolute Gasteiger partial charge is 0.0617 e. The summed E-state index contributed by atoms with van der Waals surface area (Å²) in [6.45, 7) is 1.67. The summed E-state index contributed by atoms with van der Waals surface area (Å²) in [5.41, 5.74) is 5.61. The van der Waals surface area contributed by atoms with Crippen LogP contribution in [0.5, 0.6) is 0 Å². The third-order valence-electron chi connectivity index (χ3n) is 1.45. The molecule has 56 valence electrons. The summed E-state index contributed by atoms with van der Waals surface area (Å²) in [5, 5.41) is 0. The molecule has 3 heteroatoms. The molecule has 1 heterocycles. The maximum absolute atomic E-state index is 5.61. The molecule has 0 amide bonds. The van der Waals surface area contributed by atoms with Gasteiger partial charge in [-0.2, -0.15) is 0 Å². The van der Waals surface area contributed by atoms with Crippen molar-refractivity contribution < 1.29 is 4.74 Å². The first kappa shape index (κ1) is 9.21. The highest BCUT2D eigenvalue weighted by atomic mass is 35.5. The average Bonchev–Trinajstić information content (AvgIpc) is 1.94. The summed E-state index contributed by atoms with van der Waals surface area (Å²) in [6.07, 6.45) is 3.56. The Hall–Kier alpha value is 0.210. The number of hydrogen-bond donors (Lipinski definition) is 1. The SMILES string of the molecule is Cl.NC1CCCCOC1. The lowest BCUT2D eigenvalue weighted by molar-refractivity contribution is 0.135. The second-order valence-corrected chi connectivity index (χ2v) is 2.33. The Labute approximate surface area is 62.2 Å². The Morgan fingerprint density at radius 3 is 2.89 bits per heavy atom. The monoisotopic (exact) mass is 151 g/mol. The molecule has 0 radical (unpaired) electrons. The van der Waals surface area contributed by atoms with Crippen molar-refractivity contribution in [2.45, 2.75) is 25.3 Å². The van der Waals surface area contributed by atoms with Gasteiger partial charge in [0.2, 0.25) is 0 Å². The van der Waals surface area contributed by atoms with Gasteiger partial charge in [-0.1, -0.05) is 0 Å². The van der Waals surface area contributed by atoms with Crippen LogP contribution in [0.15, 0.2) is 0 Å². The van der Waals surface area contributed by atoms with Crippen LogP contribution in [0.2, 0.25) is 0 Å². The molecule has 1 aliphatic heterocycles. The van der Waals surface area contributed by atoms with Gasteiger partial charge in [0.25, 0.3) is 0 Å². The molecule has 0 aliphatic carbocycles. The Morgan fingerprint density at radius 1 is 1.33 bits per heavy atom. The van der Waals surface area contributed by atoms with Gasteiger partial charge in [0.15, 0.2) is 0 Å². The lowest BCUT2D eigenvalue weighted by Crippen LogP contribution is -2.23. The molecular weight excluding hydrogens is 138 g/mol. The lowest BCUT2D eigenvalue weighted by Gasteiger charge is -2.03. The molecule has 0 aromatic rings. The fraction of sp³-hybridized carbons (Fsp3) is 1.00. The zero-order chi connectivity index (χ0) is 5.82. The van der Waals surface area contributed by atoms with Gasteiger partial charge in [0.1, 0.15) is 0 Å². The van der Waals surface area contributed by atoms with E-state index in [1.807, 2.05) is 0 Å². The van der Waals surface area contributed by atoms with E-state index in [2.05, 4.69) is 0 Å². The molecule has 1 atom stereocenters. The van der Waals surface area contributed by atoms with Crippen LogP contribution >= 0.6 is 12.4 Å². The minimum atomic E-state index is 0. The quantitative estimate of drug-likeness (QED) is 0.559. The Kier molecular flexibility index (Phi) is 5.15. The molecule has 1 fully saturated rings. The molecule has 1 aliphatic rings. The van der Waals surface area contributed by atoms with E-state index in [1.54, 1.807) is 0 Å². The molecule has 0 aromatic heterocycles. The molecule has 0 saturated carbocycles. The topological polar surface area (TPSA) is 35.2 Å². The standard InChI is InChI=1S/C6H13NO.ClH/c7-6-3-1-2-4-8-5-6;/h6H,1-5,7H2;1H. The van der Waals surface area contributed by atoms with E-state index in [0.29, 0.717) is 6.04 Å². The van der Waals surface area contributed by atoms with Gasteiger partial charge in [0, 0.05) is 12.6 Å². The van der Waals surface area contributed by atoms with Crippen molar-refractivity contribution in [3.8, 4) is 0 Å². The molecule has 0 bridgehead atoms. The predicted octanol–water partition coefficient (Wildman–Crippen LogP) is 0.936. The largest absolute Gasteiger partial charge is 0.380 e. The van der Waals surface area contributed by atoms with E-state index in [0.717, 1.165) is 19.6 Å². The van der Waals surface area contributed by atoms with Crippen molar-refractivity contribution in [3.63, 3.8) is 0 Å². The van der Waals surface area contributed by atoms with E-state index < -0.39 is 0 Å². The highest BCUT2D eigenvalue weighted by Crippen LogP contribution is 2.04. The third kappa shape index (κ3) is 3.73. The Morgan fingerprint density at radius 2 is 2.11 bits per heavy atom. The van der Waals surface area contributed by atoms with Crippen molar-refractivity contribution >= 4 is 12.4 Å². The molecule has 1 rings (SSSR count). The first-order valence-electron chi connectivity index (χ1n) is 3.23. The maximum Gasteiger partial charge on any atom is 0.0617 e. The summed E-state index contributed by atoms with van der Waals surface area (Å²) in [7, 11) is 0. The van der Waals surface area contributed by atoms with Gasteiger partial charge in [-0.3, -0.25) is 0 Å². The number of ether oxygens (including phenoxy) is 1. The molecule has 2 N–H and O–H groups in total. The molecular formula is C6H14ClNO. The van der Waals surface area contributed by atoms with Gasteiger partial charge < -0.3 is 10.5 Å². The summed E-state index contributed by atoms with van der Waals surface area (Å²) in [6, 6.07) is 0.303. The van der Waals surface area contributed by atoms with Gasteiger partial charge in [-0.05, 0) is 19.3 Å². The van der Waals surface area contributed by atoms with Crippen LogP contribution in [0.25, 0.3) is 0 Å². The van der Waals surface area contributed by atoms with E-state index in [1.165, 1.54) is 12.8 Å². The molecule has 0 spiro atoms. The molecule has 1 saturated heterocycles. The van der Waals surface area contributed by atoms with Gasteiger partial charge in [-0.15, -0.1) is 12.4 Å². The normalized spacial score (nSPS) is 28.3. The first-order chi connectivity index (χ1) is 3.89. The van der Waals surface area contributed by atoms with Gasteiger partial charge in [-0.25, -0.2) is 0 Å². The summed E-state index contributed by atoms with van der Waals surface area (Å²) < 4.78 is 5.18. The van der Waals surface area contributed by atoms with Gasteiger partial charge in [0.05, 0.1) is 6.61 Å². The second kappa shape index (κ2) is 5.03. The van der Waals surface area contributed by atoms with Crippen molar-refractivity contribution in [2.24, 2.45) is 5.73 Å². The van der Waals surface area contributed by atoms with Crippen molar-refractivity contribution in [1.82, 2.24) is 0 Å². The van der Waals surface area contributed by atoms with Crippen molar-refractivity contribution in [3.05, 3.63) is 0 Å². The van der Waals surface area contributed by atoms with Crippen LogP contribution in [0, 0.1) is 0 Å². The van der Waals surface area contributed by atoms with E-state index in [9.17, 15) is 0 Å². The Balaban J connectivity index is 0.000000640. The molecule has 2 nitrogen and oxygen atoms in total. The van der Waals surface area contributed by atoms with Crippen molar-refractivity contribution in [2.75, 3.05) is 13.2 Å². The minimum Gasteiger partial charge on any atom is -0.380 e. The summed E-state index contributed by atoms with van der Waals surface area (Å²) >= 11 is 0. The van der Waals surface area contributed by atoms with E-state index >= 15 is 0 Å². The first-order valence-corrected chi connectivity index (χ1v) is 3.23. The van der Waals surface area contributed by atoms with E-state index in [4.69, 9.17) is 10.5 Å². The lowest BCUT2D eigenvalue weighted by atomic mass is 10.2. The number of rotatable bonds is 0. The second-order valence-electron chi connectivity index (χ2n) is 2.33. The number of halogens is 1. The molecule has 9 heavy (non-hydrogen) atoms. The zero-order valence-corrected chi connectivity index (χ0v) is 6.32. The predicted molar refractivity (Wildman–Crippen MR) is 39.9 cm³/mol. The molecule has 0 aromatic carbocycles.